The molecule has 0 spiro atoms. The molecule has 0 aromatic carbocycles. The molecule has 1 saturated carbocycles. The number of hydrogen-bond donors (Lipinski definition) is 1. The van der Waals surface area contributed by atoms with Crippen molar-refractivity contribution in [3.05, 3.63) is 33.2 Å². The lowest BCUT2D eigenvalue weighted by atomic mass is 10.0. The SMILES string of the molecule is CCN1CCc2c(cc(CNC3CC3)c(=O)n2C(C)C)C1. The second-order valence-electron chi connectivity index (χ2n) is 6.68. The van der Waals surface area contributed by atoms with Crippen LogP contribution >= 0.6 is 0 Å². The van der Waals surface area contributed by atoms with Gasteiger partial charge in [-0.3, -0.25) is 9.69 Å². The molecule has 4 heteroatoms. The molecule has 0 unspecified atom stereocenters. The standard InChI is InChI=1S/C17H27N3O/c1-4-19-8-7-16-14(11-19)9-13(10-18-15-5-6-15)17(21)20(16)12(2)3/h9,12,15,18H,4-8,10-11H2,1-3H3. The first kappa shape index (κ1) is 14.8. The summed E-state index contributed by atoms with van der Waals surface area (Å²) in [5.74, 6) is 0. The summed E-state index contributed by atoms with van der Waals surface area (Å²) in [5.41, 5.74) is 3.76. The molecule has 4 nitrogen and oxygen atoms in total. The normalized spacial score (nSPS) is 19.0. The minimum absolute atomic E-state index is 0.210. The number of aromatic nitrogens is 1. The Morgan fingerprint density at radius 1 is 1.38 bits per heavy atom. The summed E-state index contributed by atoms with van der Waals surface area (Å²) in [4.78, 5) is 15.2. The lowest BCUT2D eigenvalue weighted by Gasteiger charge is -2.31. The van der Waals surface area contributed by atoms with Crippen molar-refractivity contribution >= 4 is 0 Å². The summed E-state index contributed by atoms with van der Waals surface area (Å²) < 4.78 is 2.03. The number of pyridine rings is 1. The topological polar surface area (TPSA) is 37.3 Å². The zero-order chi connectivity index (χ0) is 15.0. The average molecular weight is 289 g/mol. The van der Waals surface area contributed by atoms with Crippen molar-refractivity contribution in [1.29, 1.82) is 0 Å². The fourth-order valence-corrected chi connectivity index (χ4v) is 3.27. The molecule has 0 bridgehead atoms. The van der Waals surface area contributed by atoms with Crippen LogP contribution < -0.4 is 10.9 Å². The van der Waals surface area contributed by atoms with E-state index in [4.69, 9.17) is 0 Å². The first-order valence-electron chi connectivity index (χ1n) is 8.32. The van der Waals surface area contributed by atoms with Gasteiger partial charge in [0.25, 0.3) is 5.56 Å². The van der Waals surface area contributed by atoms with Crippen LogP contribution in [0.4, 0.5) is 0 Å². The summed E-state index contributed by atoms with van der Waals surface area (Å²) in [5, 5.41) is 3.48. The number of hydrogen-bond acceptors (Lipinski definition) is 3. The smallest absolute Gasteiger partial charge is 0.255 e. The van der Waals surface area contributed by atoms with Gasteiger partial charge in [-0.25, -0.2) is 0 Å². The quantitative estimate of drug-likeness (QED) is 0.901. The molecule has 0 saturated heterocycles. The van der Waals surface area contributed by atoms with Crippen molar-refractivity contribution < 1.29 is 0 Å². The van der Waals surface area contributed by atoms with Gasteiger partial charge in [0, 0.05) is 49.4 Å². The molecule has 0 amide bonds. The molecule has 3 rings (SSSR count). The van der Waals surface area contributed by atoms with Crippen LogP contribution in [0.3, 0.4) is 0 Å². The fourth-order valence-electron chi connectivity index (χ4n) is 3.27. The lowest BCUT2D eigenvalue weighted by molar-refractivity contribution is 0.260. The van der Waals surface area contributed by atoms with Crippen LogP contribution in [0.2, 0.25) is 0 Å². The summed E-state index contributed by atoms with van der Waals surface area (Å²) in [7, 11) is 0. The van der Waals surface area contributed by atoms with Crippen LogP contribution in [-0.4, -0.2) is 28.6 Å². The Kier molecular flexibility index (Phi) is 4.18. The molecule has 0 atom stereocenters. The maximum absolute atomic E-state index is 12.8. The Hall–Kier alpha value is -1.13. The van der Waals surface area contributed by atoms with Gasteiger partial charge < -0.3 is 9.88 Å². The molecule has 0 radical (unpaired) electrons. The van der Waals surface area contributed by atoms with Crippen LogP contribution in [-0.2, 0) is 19.5 Å². The van der Waals surface area contributed by atoms with Crippen LogP contribution in [0.5, 0.6) is 0 Å². The number of rotatable bonds is 5. The van der Waals surface area contributed by atoms with Crippen molar-refractivity contribution in [2.75, 3.05) is 13.1 Å². The van der Waals surface area contributed by atoms with E-state index in [1.807, 2.05) is 4.57 Å². The van der Waals surface area contributed by atoms with Crippen LogP contribution in [0.1, 0.15) is 56.5 Å². The molecule has 2 aliphatic rings. The molecule has 1 aromatic rings. The maximum Gasteiger partial charge on any atom is 0.255 e. The zero-order valence-electron chi connectivity index (χ0n) is 13.5. The van der Waals surface area contributed by atoms with Gasteiger partial charge in [-0.05, 0) is 44.9 Å². The molecular formula is C17H27N3O. The van der Waals surface area contributed by atoms with E-state index < -0.39 is 0 Å². The van der Waals surface area contributed by atoms with Gasteiger partial charge in [0.1, 0.15) is 0 Å². The van der Waals surface area contributed by atoms with Gasteiger partial charge >= 0.3 is 0 Å². The van der Waals surface area contributed by atoms with Crippen molar-refractivity contribution in [2.24, 2.45) is 0 Å². The van der Waals surface area contributed by atoms with Gasteiger partial charge in [0.15, 0.2) is 0 Å². The highest BCUT2D eigenvalue weighted by molar-refractivity contribution is 5.29. The van der Waals surface area contributed by atoms with Crippen LogP contribution in [0.15, 0.2) is 10.9 Å². The third-order valence-electron chi connectivity index (χ3n) is 4.68. The van der Waals surface area contributed by atoms with Crippen LogP contribution in [0.25, 0.3) is 0 Å². The molecule has 1 aliphatic heterocycles. The van der Waals surface area contributed by atoms with E-state index in [9.17, 15) is 4.79 Å². The van der Waals surface area contributed by atoms with Gasteiger partial charge in [-0.2, -0.15) is 0 Å². The lowest BCUT2D eigenvalue weighted by Crippen LogP contribution is -2.38. The third-order valence-corrected chi connectivity index (χ3v) is 4.68. The van der Waals surface area contributed by atoms with E-state index in [0.29, 0.717) is 6.04 Å². The van der Waals surface area contributed by atoms with Crippen molar-refractivity contribution in [3.8, 4) is 0 Å². The Labute approximate surface area is 127 Å². The molecule has 2 heterocycles. The van der Waals surface area contributed by atoms with Gasteiger partial charge in [-0.15, -0.1) is 0 Å². The first-order valence-corrected chi connectivity index (χ1v) is 8.32. The van der Waals surface area contributed by atoms with E-state index in [1.54, 1.807) is 0 Å². The summed E-state index contributed by atoms with van der Waals surface area (Å²) >= 11 is 0. The number of fused-ring (bicyclic) bond motifs is 1. The van der Waals surface area contributed by atoms with E-state index in [0.717, 1.165) is 38.2 Å². The number of nitrogens with zero attached hydrogens (tertiary/aromatic N) is 2. The van der Waals surface area contributed by atoms with Crippen molar-refractivity contribution in [3.63, 3.8) is 0 Å². The third kappa shape index (κ3) is 3.06. The highest BCUT2D eigenvalue weighted by Gasteiger charge is 2.24. The van der Waals surface area contributed by atoms with Gasteiger partial charge in [0.05, 0.1) is 0 Å². The van der Waals surface area contributed by atoms with Crippen LogP contribution in [0, 0.1) is 0 Å². The average Bonchev–Trinajstić information content (AvgIpc) is 3.28. The zero-order valence-corrected chi connectivity index (χ0v) is 13.5. The molecule has 1 aromatic heterocycles. The second kappa shape index (κ2) is 5.93. The van der Waals surface area contributed by atoms with Gasteiger partial charge in [0.2, 0.25) is 0 Å². The highest BCUT2D eigenvalue weighted by atomic mass is 16.1. The second-order valence-corrected chi connectivity index (χ2v) is 6.68. The molecule has 1 fully saturated rings. The first-order chi connectivity index (χ1) is 10.1. The molecule has 116 valence electrons. The molecule has 21 heavy (non-hydrogen) atoms. The summed E-state index contributed by atoms with van der Waals surface area (Å²) in [6, 6.07) is 3.04. The minimum Gasteiger partial charge on any atom is -0.310 e. The maximum atomic E-state index is 12.8. The minimum atomic E-state index is 0.210. The van der Waals surface area contributed by atoms with E-state index in [1.165, 1.54) is 24.1 Å². The van der Waals surface area contributed by atoms with E-state index >= 15 is 0 Å². The van der Waals surface area contributed by atoms with Gasteiger partial charge in [-0.1, -0.05) is 6.92 Å². The van der Waals surface area contributed by atoms with E-state index in [-0.39, 0.29) is 11.6 Å². The summed E-state index contributed by atoms with van der Waals surface area (Å²) in [6.07, 6.45) is 3.51. The Morgan fingerprint density at radius 3 is 2.76 bits per heavy atom. The Balaban J connectivity index is 1.97. The molecule has 1 aliphatic carbocycles. The Morgan fingerprint density at radius 2 is 2.14 bits per heavy atom. The van der Waals surface area contributed by atoms with Crippen molar-refractivity contribution in [2.45, 2.75) is 65.2 Å². The highest BCUT2D eigenvalue weighted by Crippen LogP contribution is 2.22. The van der Waals surface area contributed by atoms with Crippen molar-refractivity contribution in [1.82, 2.24) is 14.8 Å². The summed E-state index contributed by atoms with van der Waals surface area (Å²) in [6.45, 7) is 10.3. The molecule has 1 N–H and O–H groups in total. The number of likely N-dealkylation sites (N-methyl/N-ethyl adjacent to an activating group) is 1. The monoisotopic (exact) mass is 289 g/mol. The largest absolute Gasteiger partial charge is 0.310 e. The van der Waals surface area contributed by atoms with E-state index in [2.05, 4.69) is 37.1 Å². The number of nitrogens with one attached hydrogen (secondary N) is 1. The predicted molar refractivity (Wildman–Crippen MR) is 85.6 cm³/mol. The Bertz CT molecular complexity index is 572. The fraction of sp³-hybridized carbons (Fsp3) is 0.706. The predicted octanol–water partition coefficient (Wildman–Crippen LogP) is 2.06. The molecular weight excluding hydrogens is 262 g/mol.